The van der Waals surface area contributed by atoms with E-state index in [1.165, 1.54) is 0 Å². The van der Waals surface area contributed by atoms with Gasteiger partial charge in [0.2, 0.25) is 5.90 Å². The van der Waals surface area contributed by atoms with E-state index in [0.29, 0.717) is 46.5 Å². The number of aliphatic hydroxyl groups excluding tert-OH is 1. The number of hydrazine groups is 1. The molecule has 3 N–H and O–H groups in total. The van der Waals surface area contributed by atoms with Crippen molar-refractivity contribution in [2.75, 3.05) is 19.8 Å². The number of benzene rings is 3. The summed E-state index contributed by atoms with van der Waals surface area (Å²) < 4.78 is 12.2. The Bertz CT molecular complexity index is 1460. The monoisotopic (exact) mass is 610 g/mol. The fraction of sp³-hybridized carbons (Fsp3) is 0.333. The van der Waals surface area contributed by atoms with Crippen LogP contribution >= 0.6 is 23.2 Å². The Hall–Kier alpha value is -3.79. The number of nitrogens with one attached hydrogen (secondary N) is 2. The summed E-state index contributed by atoms with van der Waals surface area (Å²) in [6.45, 7) is 3.08. The van der Waals surface area contributed by atoms with Gasteiger partial charge < -0.3 is 14.6 Å². The largest absolute Gasteiger partial charge is 0.494 e. The average Bonchev–Trinajstić information content (AvgIpc) is 3.37. The van der Waals surface area contributed by atoms with Gasteiger partial charge in [0.05, 0.1) is 13.2 Å². The Morgan fingerprint density at radius 1 is 1.17 bits per heavy atom. The lowest BCUT2D eigenvalue weighted by atomic mass is 9.81. The zero-order valence-electron chi connectivity index (χ0n) is 23.1. The van der Waals surface area contributed by atoms with Gasteiger partial charge in [-0.1, -0.05) is 65.6 Å². The molecule has 0 unspecified atom stereocenters. The lowest BCUT2D eigenvalue weighted by Gasteiger charge is -2.31. The van der Waals surface area contributed by atoms with Crippen molar-refractivity contribution in [3.63, 3.8) is 0 Å². The van der Waals surface area contributed by atoms with E-state index in [4.69, 9.17) is 48.3 Å². The molecule has 0 saturated heterocycles. The third-order valence-corrected chi connectivity index (χ3v) is 7.30. The molecule has 0 aliphatic carbocycles. The van der Waals surface area contributed by atoms with E-state index in [0.717, 1.165) is 17.5 Å². The number of aliphatic hydroxyl groups is 1. The van der Waals surface area contributed by atoms with E-state index in [1.807, 2.05) is 31.2 Å². The second-order valence-electron chi connectivity index (χ2n) is 9.67. The lowest BCUT2D eigenvalue weighted by Crippen LogP contribution is -2.54. The molecule has 220 valence electrons. The van der Waals surface area contributed by atoms with Gasteiger partial charge in [-0.3, -0.25) is 10.2 Å². The Balaban J connectivity index is 1.83. The molecule has 0 saturated carbocycles. The SMILES string of the molecule is CCCNNC(=O)[C@@]1(Cc2ccccc2CN=[N+]=[N-])N=C(c2ccc(OCCCO)cc2)O[C@H]1c1ccc(Cl)cc1Cl. The van der Waals surface area contributed by atoms with Crippen LogP contribution in [0.15, 0.2) is 76.8 Å². The molecule has 0 radical (unpaired) electrons. The number of halogens is 2. The number of nitrogens with zero attached hydrogens (tertiary/aromatic N) is 4. The van der Waals surface area contributed by atoms with Crippen LogP contribution in [0, 0.1) is 0 Å². The number of azide groups is 1. The van der Waals surface area contributed by atoms with E-state index in [2.05, 4.69) is 20.9 Å². The predicted molar refractivity (Wildman–Crippen MR) is 163 cm³/mol. The Labute approximate surface area is 254 Å². The Morgan fingerprint density at radius 3 is 2.62 bits per heavy atom. The van der Waals surface area contributed by atoms with Crippen LogP contribution in [0.25, 0.3) is 10.4 Å². The minimum absolute atomic E-state index is 0.0423. The third-order valence-electron chi connectivity index (χ3n) is 6.73. The number of ether oxygens (including phenoxy) is 2. The summed E-state index contributed by atoms with van der Waals surface area (Å²) in [7, 11) is 0. The topological polar surface area (TPSA) is 141 Å². The fourth-order valence-corrected chi connectivity index (χ4v) is 5.14. The summed E-state index contributed by atoms with van der Waals surface area (Å²) in [5, 5.41) is 13.5. The van der Waals surface area contributed by atoms with E-state index in [9.17, 15) is 4.79 Å². The van der Waals surface area contributed by atoms with Gasteiger partial charge in [0.15, 0.2) is 11.6 Å². The van der Waals surface area contributed by atoms with Crippen LogP contribution in [0.4, 0.5) is 0 Å². The minimum Gasteiger partial charge on any atom is -0.494 e. The first-order valence-electron chi connectivity index (χ1n) is 13.6. The molecule has 0 spiro atoms. The van der Waals surface area contributed by atoms with E-state index >= 15 is 0 Å². The van der Waals surface area contributed by atoms with Crippen LogP contribution in [-0.4, -0.2) is 42.2 Å². The molecule has 1 heterocycles. The van der Waals surface area contributed by atoms with Gasteiger partial charge in [-0.25, -0.2) is 10.4 Å². The molecule has 1 aliphatic rings. The maximum Gasteiger partial charge on any atom is 0.266 e. The first-order chi connectivity index (χ1) is 20.4. The molecule has 42 heavy (non-hydrogen) atoms. The van der Waals surface area contributed by atoms with Gasteiger partial charge in [-0.15, -0.1) is 0 Å². The van der Waals surface area contributed by atoms with Gasteiger partial charge in [-0.2, -0.15) is 0 Å². The van der Waals surface area contributed by atoms with Crippen molar-refractivity contribution in [2.24, 2.45) is 10.1 Å². The highest BCUT2D eigenvalue weighted by Gasteiger charge is 2.54. The number of carbonyl (C=O) groups is 1. The smallest absolute Gasteiger partial charge is 0.266 e. The predicted octanol–water partition coefficient (Wildman–Crippen LogP) is 6.10. The van der Waals surface area contributed by atoms with E-state index < -0.39 is 17.6 Å². The zero-order chi connectivity index (χ0) is 30.0. The first-order valence-corrected chi connectivity index (χ1v) is 14.3. The molecule has 3 aromatic rings. The molecule has 3 aromatic carbocycles. The summed E-state index contributed by atoms with van der Waals surface area (Å²) in [4.78, 5) is 22.0. The normalized spacial score (nSPS) is 17.6. The van der Waals surface area contributed by atoms with Crippen molar-refractivity contribution in [1.29, 1.82) is 0 Å². The summed E-state index contributed by atoms with van der Waals surface area (Å²) in [5.74, 6) is 0.471. The number of amides is 1. The molecule has 1 aliphatic heterocycles. The van der Waals surface area contributed by atoms with Crippen LogP contribution < -0.4 is 15.6 Å². The molecule has 0 aromatic heterocycles. The molecule has 10 nitrogen and oxygen atoms in total. The van der Waals surface area contributed by atoms with Gasteiger partial charge in [0, 0.05) is 52.1 Å². The standard InChI is InChI=1S/C30H32Cl2N6O4/c1-2-14-34-37-29(40)30(18-21-6-3-4-7-22(21)19-35-38-33)27(25-13-10-23(31)17-26(25)32)42-28(36-30)20-8-11-24(12-9-20)41-16-5-15-39/h3-4,6-13,17,27,34,39H,2,5,14-16,18-19H2,1H3,(H,37,40)/t27-,30-/m0/s1. The van der Waals surface area contributed by atoms with E-state index in [1.54, 1.807) is 42.5 Å². The number of rotatable bonds is 14. The van der Waals surface area contributed by atoms with Gasteiger partial charge in [0.25, 0.3) is 5.91 Å². The summed E-state index contributed by atoms with van der Waals surface area (Å²) in [6.07, 6.45) is 0.520. The Kier molecular flexibility index (Phi) is 11.1. The number of aliphatic imine (C=N–C) groups is 1. The number of hydrogen-bond donors (Lipinski definition) is 3. The quantitative estimate of drug-likeness (QED) is 0.0665. The fourth-order valence-electron chi connectivity index (χ4n) is 4.63. The van der Waals surface area contributed by atoms with Crippen molar-refractivity contribution >= 4 is 35.0 Å². The van der Waals surface area contributed by atoms with Crippen molar-refractivity contribution in [2.45, 2.75) is 44.4 Å². The van der Waals surface area contributed by atoms with Gasteiger partial charge in [0.1, 0.15) is 5.75 Å². The second kappa shape index (κ2) is 14.9. The van der Waals surface area contributed by atoms with Crippen LogP contribution in [-0.2, 0) is 22.5 Å². The maximum absolute atomic E-state index is 14.2. The van der Waals surface area contributed by atoms with Crippen molar-refractivity contribution < 1.29 is 19.4 Å². The van der Waals surface area contributed by atoms with Crippen molar-refractivity contribution in [3.8, 4) is 5.75 Å². The molecule has 4 rings (SSSR count). The summed E-state index contributed by atoms with van der Waals surface area (Å²) in [6, 6.07) is 19.6. The zero-order valence-corrected chi connectivity index (χ0v) is 24.6. The average molecular weight is 612 g/mol. The highest BCUT2D eigenvalue weighted by molar-refractivity contribution is 6.35. The van der Waals surface area contributed by atoms with Crippen LogP contribution in [0.2, 0.25) is 10.0 Å². The molecule has 12 heteroatoms. The van der Waals surface area contributed by atoms with Crippen LogP contribution in [0.3, 0.4) is 0 Å². The molecular weight excluding hydrogens is 579 g/mol. The highest BCUT2D eigenvalue weighted by Crippen LogP contribution is 2.45. The van der Waals surface area contributed by atoms with Crippen LogP contribution in [0.1, 0.15) is 48.1 Å². The van der Waals surface area contributed by atoms with Gasteiger partial charge in [-0.05, 0) is 59.5 Å². The molecule has 2 atom stereocenters. The van der Waals surface area contributed by atoms with Crippen molar-refractivity contribution in [1.82, 2.24) is 10.9 Å². The lowest BCUT2D eigenvalue weighted by molar-refractivity contribution is -0.130. The maximum atomic E-state index is 14.2. The number of hydrogen-bond acceptors (Lipinski definition) is 7. The van der Waals surface area contributed by atoms with E-state index in [-0.39, 0.29) is 25.5 Å². The first kappa shape index (κ1) is 31.2. The third kappa shape index (κ3) is 7.34. The second-order valence-corrected chi connectivity index (χ2v) is 10.5. The molecule has 0 bridgehead atoms. The molecular formula is C30H32Cl2N6O4. The van der Waals surface area contributed by atoms with Crippen LogP contribution in [0.5, 0.6) is 5.75 Å². The van der Waals surface area contributed by atoms with Crippen molar-refractivity contribution in [3.05, 3.63) is 109 Å². The highest BCUT2D eigenvalue weighted by atomic mass is 35.5. The molecule has 0 fully saturated rings. The Morgan fingerprint density at radius 2 is 1.93 bits per heavy atom. The minimum atomic E-state index is -1.50. The molecule has 1 amide bonds. The summed E-state index contributed by atoms with van der Waals surface area (Å²) in [5.41, 5.74) is 16.0. The van der Waals surface area contributed by atoms with Gasteiger partial charge >= 0.3 is 0 Å². The summed E-state index contributed by atoms with van der Waals surface area (Å²) >= 11 is 12.9. The number of carbonyl (C=O) groups excluding carboxylic acids is 1.